The molecule has 31 heavy (non-hydrogen) atoms. The molecule has 0 unspecified atom stereocenters. The van der Waals surface area contributed by atoms with Crippen LogP contribution in [0, 0.1) is 0 Å². The van der Waals surface area contributed by atoms with Crippen LogP contribution in [-0.4, -0.2) is 42.9 Å². The Morgan fingerprint density at radius 3 is 2.68 bits per heavy atom. The van der Waals surface area contributed by atoms with Gasteiger partial charge in [-0.15, -0.1) is 0 Å². The van der Waals surface area contributed by atoms with E-state index in [4.69, 9.17) is 25.8 Å². The topological polar surface area (TPSA) is 65.1 Å². The van der Waals surface area contributed by atoms with E-state index in [1.165, 1.54) is 12.0 Å². The number of thioether (sulfide) groups is 1. The zero-order valence-electron chi connectivity index (χ0n) is 17.0. The first kappa shape index (κ1) is 23.7. The van der Waals surface area contributed by atoms with E-state index in [0.29, 0.717) is 44.7 Å². The number of benzene rings is 2. The van der Waals surface area contributed by atoms with Crippen molar-refractivity contribution < 1.29 is 23.8 Å². The van der Waals surface area contributed by atoms with Gasteiger partial charge in [0.2, 0.25) is 0 Å². The molecule has 0 saturated carbocycles. The number of carbonyl (C=O) groups excluding carboxylic acids is 2. The standard InChI is InChI=1S/C22H21BrClNO5S/c1-3-29-18-11-14(12-19-21(26)25(8-9-28-2)22(27)31-19)10-16(23)20(18)30-13-15-6-4-5-7-17(15)24/h4-7,10-12H,3,8-9,13H2,1-2H3/b19-12+. The van der Waals surface area contributed by atoms with Gasteiger partial charge in [-0.2, -0.15) is 0 Å². The predicted octanol–water partition coefficient (Wildman–Crippen LogP) is 5.76. The molecule has 2 amide bonds. The molecule has 0 N–H and O–H groups in total. The van der Waals surface area contributed by atoms with Crippen LogP contribution in [0.3, 0.4) is 0 Å². The fourth-order valence-electron chi connectivity index (χ4n) is 2.87. The summed E-state index contributed by atoms with van der Waals surface area (Å²) in [5.74, 6) is 0.723. The molecule has 1 saturated heterocycles. The Hall–Kier alpha value is -2.00. The maximum absolute atomic E-state index is 12.6. The van der Waals surface area contributed by atoms with Gasteiger partial charge in [-0.1, -0.05) is 29.8 Å². The molecule has 9 heteroatoms. The Kier molecular flexibility index (Phi) is 8.43. The lowest BCUT2D eigenvalue weighted by Gasteiger charge is -2.15. The molecule has 1 aliphatic rings. The second-order valence-corrected chi connectivity index (χ2v) is 8.72. The fourth-order valence-corrected chi connectivity index (χ4v) is 4.50. The lowest BCUT2D eigenvalue weighted by Crippen LogP contribution is -2.31. The van der Waals surface area contributed by atoms with Gasteiger partial charge in [-0.05, 0) is 64.5 Å². The van der Waals surface area contributed by atoms with Gasteiger partial charge in [0, 0.05) is 17.7 Å². The molecule has 3 rings (SSSR count). The zero-order valence-corrected chi connectivity index (χ0v) is 20.2. The largest absolute Gasteiger partial charge is 0.490 e. The van der Waals surface area contributed by atoms with Crippen molar-refractivity contribution in [3.8, 4) is 11.5 Å². The first-order valence-corrected chi connectivity index (χ1v) is 11.5. The fraction of sp³-hybridized carbons (Fsp3) is 0.273. The number of hydrogen-bond acceptors (Lipinski definition) is 6. The molecule has 6 nitrogen and oxygen atoms in total. The van der Waals surface area contributed by atoms with E-state index >= 15 is 0 Å². The molecule has 0 radical (unpaired) electrons. The van der Waals surface area contributed by atoms with Gasteiger partial charge in [0.1, 0.15) is 6.61 Å². The molecule has 1 aliphatic heterocycles. The molecule has 2 aromatic carbocycles. The van der Waals surface area contributed by atoms with E-state index in [0.717, 1.165) is 17.3 Å². The lowest BCUT2D eigenvalue weighted by atomic mass is 10.1. The van der Waals surface area contributed by atoms with Crippen LogP contribution >= 0.6 is 39.3 Å². The van der Waals surface area contributed by atoms with Gasteiger partial charge in [0.15, 0.2) is 11.5 Å². The average Bonchev–Trinajstić information content (AvgIpc) is 3.00. The third kappa shape index (κ3) is 5.83. The maximum Gasteiger partial charge on any atom is 0.293 e. The minimum atomic E-state index is -0.333. The molecule has 0 aromatic heterocycles. The maximum atomic E-state index is 12.6. The Morgan fingerprint density at radius 2 is 1.97 bits per heavy atom. The second-order valence-electron chi connectivity index (χ2n) is 6.47. The third-order valence-corrected chi connectivity index (χ3v) is 6.22. The van der Waals surface area contributed by atoms with Crippen molar-refractivity contribution in [2.24, 2.45) is 0 Å². The Balaban J connectivity index is 1.84. The monoisotopic (exact) mass is 525 g/mol. The summed E-state index contributed by atoms with van der Waals surface area (Å²) in [6.45, 7) is 3.10. The highest BCUT2D eigenvalue weighted by molar-refractivity contribution is 9.10. The van der Waals surface area contributed by atoms with Crippen molar-refractivity contribution in [1.82, 2.24) is 4.90 Å². The van der Waals surface area contributed by atoms with Crippen molar-refractivity contribution in [2.45, 2.75) is 13.5 Å². The molecule has 1 fully saturated rings. The molecule has 164 valence electrons. The van der Waals surface area contributed by atoms with E-state index in [9.17, 15) is 9.59 Å². The van der Waals surface area contributed by atoms with E-state index in [-0.39, 0.29) is 24.3 Å². The van der Waals surface area contributed by atoms with Crippen molar-refractivity contribution in [2.75, 3.05) is 26.9 Å². The smallest absolute Gasteiger partial charge is 0.293 e. The molecule has 2 aromatic rings. The highest BCUT2D eigenvalue weighted by Gasteiger charge is 2.34. The first-order chi connectivity index (χ1) is 14.9. The van der Waals surface area contributed by atoms with Crippen LogP contribution < -0.4 is 9.47 Å². The quantitative estimate of drug-likeness (QED) is 0.387. The van der Waals surface area contributed by atoms with E-state index in [1.54, 1.807) is 12.1 Å². The van der Waals surface area contributed by atoms with Gasteiger partial charge in [0.25, 0.3) is 11.1 Å². The molecule has 0 atom stereocenters. The number of amides is 2. The summed E-state index contributed by atoms with van der Waals surface area (Å²) in [6.07, 6.45) is 1.67. The Labute approximate surface area is 198 Å². The second kappa shape index (κ2) is 11.0. The molecule has 0 bridgehead atoms. The number of carbonyl (C=O) groups is 2. The summed E-state index contributed by atoms with van der Waals surface area (Å²) in [4.78, 5) is 26.2. The first-order valence-electron chi connectivity index (χ1n) is 9.51. The SMILES string of the molecule is CCOc1cc(/C=C2/SC(=O)N(CCOC)C2=O)cc(Br)c1OCc1ccccc1Cl. The van der Waals surface area contributed by atoms with E-state index < -0.39 is 0 Å². The number of imide groups is 1. The van der Waals surface area contributed by atoms with Crippen molar-refractivity contribution in [1.29, 1.82) is 0 Å². The lowest BCUT2D eigenvalue weighted by molar-refractivity contribution is -0.123. The summed E-state index contributed by atoms with van der Waals surface area (Å²) >= 11 is 10.7. The number of hydrogen-bond donors (Lipinski definition) is 0. The van der Waals surface area contributed by atoms with Crippen LogP contribution in [0.5, 0.6) is 11.5 Å². The minimum absolute atomic E-state index is 0.223. The van der Waals surface area contributed by atoms with E-state index in [2.05, 4.69) is 15.9 Å². The summed E-state index contributed by atoms with van der Waals surface area (Å²) < 4.78 is 17.4. The van der Waals surface area contributed by atoms with Crippen LogP contribution in [0.4, 0.5) is 4.79 Å². The van der Waals surface area contributed by atoms with Crippen LogP contribution in [0.25, 0.3) is 6.08 Å². The van der Waals surface area contributed by atoms with Crippen LogP contribution in [0.15, 0.2) is 45.8 Å². The molecular weight excluding hydrogens is 506 g/mol. The highest BCUT2D eigenvalue weighted by atomic mass is 79.9. The number of nitrogens with zero attached hydrogens (tertiary/aromatic N) is 1. The van der Waals surface area contributed by atoms with Gasteiger partial charge < -0.3 is 14.2 Å². The van der Waals surface area contributed by atoms with Crippen LogP contribution in [-0.2, 0) is 16.1 Å². The highest BCUT2D eigenvalue weighted by Crippen LogP contribution is 2.40. The number of halogens is 2. The number of rotatable bonds is 9. The molecule has 1 heterocycles. The number of methoxy groups -OCH3 is 1. The summed E-state index contributed by atoms with van der Waals surface area (Å²) in [5.41, 5.74) is 1.56. The Bertz CT molecular complexity index is 1010. The van der Waals surface area contributed by atoms with Crippen molar-refractivity contribution >= 4 is 56.5 Å². The minimum Gasteiger partial charge on any atom is -0.490 e. The van der Waals surface area contributed by atoms with Crippen molar-refractivity contribution in [3.63, 3.8) is 0 Å². The van der Waals surface area contributed by atoms with Gasteiger partial charge in [-0.25, -0.2) is 0 Å². The predicted molar refractivity (Wildman–Crippen MR) is 126 cm³/mol. The van der Waals surface area contributed by atoms with Gasteiger partial charge >= 0.3 is 0 Å². The summed E-state index contributed by atoms with van der Waals surface area (Å²) in [7, 11) is 1.52. The third-order valence-electron chi connectivity index (χ3n) is 4.35. The van der Waals surface area contributed by atoms with Crippen LogP contribution in [0.1, 0.15) is 18.1 Å². The van der Waals surface area contributed by atoms with Gasteiger partial charge in [0.05, 0.1) is 29.1 Å². The van der Waals surface area contributed by atoms with E-state index in [1.807, 2.05) is 37.3 Å². The summed E-state index contributed by atoms with van der Waals surface area (Å²) in [5, 5.41) is 0.314. The molecule has 0 spiro atoms. The van der Waals surface area contributed by atoms with Crippen molar-refractivity contribution in [3.05, 3.63) is 61.9 Å². The number of ether oxygens (including phenoxy) is 3. The average molecular weight is 527 g/mol. The summed E-state index contributed by atoms with van der Waals surface area (Å²) in [6, 6.07) is 11.0. The molecular formula is C22H21BrClNO5S. The zero-order chi connectivity index (χ0) is 22.4. The van der Waals surface area contributed by atoms with Gasteiger partial charge in [-0.3, -0.25) is 14.5 Å². The Morgan fingerprint density at radius 1 is 1.19 bits per heavy atom. The van der Waals surface area contributed by atoms with Crippen LogP contribution in [0.2, 0.25) is 5.02 Å². The normalized spacial score (nSPS) is 15.1. The molecule has 0 aliphatic carbocycles.